The Labute approximate surface area is 78.4 Å². The SMILES string of the molecule is CC/C(=C(/C)C(=O)O)C1CCOC1. The number of ether oxygens (including phenoxy) is 1. The second kappa shape index (κ2) is 4.42. The lowest BCUT2D eigenvalue weighted by Gasteiger charge is -2.13. The molecular weight excluding hydrogens is 168 g/mol. The molecule has 13 heavy (non-hydrogen) atoms. The molecular formula is C10H16O3. The van der Waals surface area contributed by atoms with Crippen molar-refractivity contribution in [1.29, 1.82) is 0 Å². The summed E-state index contributed by atoms with van der Waals surface area (Å²) in [6.45, 7) is 5.13. The average Bonchev–Trinajstić information content (AvgIpc) is 2.58. The third kappa shape index (κ3) is 2.31. The fourth-order valence-corrected chi connectivity index (χ4v) is 1.81. The van der Waals surface area contributed by atoms with Crippen LogP contribution in [0.1, 0.15) is 26.7 Å². The number of rotatable bonds is 3. The molecule has 1 unspecified atom stereocenters. The number of hydrogen-bond acceptors (Lipinski definition) is 2. The highest BCUT2D eigenvalue weighted by molar-refractivity contribution is 5.86. The summed E-state index contributed by atoms with van der Waals surface area (Å²) in [6.07, 6.45) is 1.78. The molecule has 1 atom stereocenters. The predicted octanol–water partition coefficient (Wildman–Crippen LogP) is 1.83. The van der Waals surface area contributed by atoms with Crippen molar-refractivity contribution in [1.82, 2.24) is 0 Å². The van der Waals surface area contributed by atoms with Crippen LogP contribution in [0, 0.1) is 5.92 Å². The predicted molar refractivity (Wildman–Crippen MR) is 49.6 cm³/mol. The monoisotopic (exact) mass is 184 g/mol. The first-order chi connectivity index (χ1) is 6.16. The zero-order valence-electron chi connectivity index (χ0n) is 8.17. The van der Waals surface area contributed by atoms with Crippen molar-refractivity contribution in [3.8, 4) is 0 Å². The zero-order valence-corrected chi connectivity index (χ0v) is 8.17. The largest absolute Gasteiger partial charge is 0.478 e. The van der Waals surface area contributed by atoms with Crippen LogP contribution in [0.25, 0.3) is 0 Å². The summed E-state index contributed by atoms with van der Waals surface area (Å²) in [4.78, 5) is 10.8. The standard InChI is InChI=1S/C10H16O3/c1-3-9(7(2)10(11)12)8-4-5-13-6-8/h8H,3-6H2,1-2H3,(H,11,12)/b9-7+. The van der Waals surface area contributed by atoms with Gasteiger partial charge in [0.05, 0.1) is 6.61 Å². The van der Waals surface area contributed by atoms with Gasteiger partial charge in [0.15, 0.2) is 0 Å². The van der Waals surface area contributed by atoms with Crippen molar-refractivity contribution >= 4 is 5.97 Å². The van der Waals surface area contributed by atoms with Crippen LogP contribution in [-0.2, 0) is 9.53 Å². The lowest BCUT2D eigenvalue weighted by molar-refractivity contribution is -0.132. The molecule has 1 N–H and O–H groups in total. The van der Waals surface area contributed by atoms with Gasteiger partial charge in [0.2, 0.25) is 0 Å². The van der Waals surface area contributed by atoms with Crippen molar-refractivity contribution in [3.63, 3.8) is 0 Å². The van der Waals surface area contributed by atoms with E-state index in [4.69, 9.17) is 9.84 Å². The molecule has 1 aliphatic rings. The van der Waals surface area contributed by atoms with E-state index in [1.807, 2.05) is 6.92 Å². The highest BCUT2D eigenvalue weighted by Crippen LogP contribution is 2.26. The molecule has 0 spiro atoms. The van der Waals surface area contributed by atoms with Crippen LogP contribution in [-0.4, -0.2) is 24.3 Å². The Morgan fingerprint density at radius 2 is 2.31 bits per heavy atom. The van der Waals surface area contributed by atoms with E-state index in [2.05, 4.69) is 0 Å². The number of aliphatic carboxylic acids is 1. The third-order valence-corrected chi connectivity index (χ3v) is 2.61. The minimum Gasteiger partial charge on any atom is -0.478 e. The van der Waals surface area contributed by atoms with Gasteiger partial charge in [-0.05, 0) is 19.8 Å². The van der Waals surface area contributed by atoms with E-state index in [0.29, 0.717) is 18.1 Å². The quantitative estimate of drug-likeness (QED) is 0.681. The Bertz CT molecular complexity index is 224. The Morgan fingerprint density at radius 1 is 1.62 bits per heavy atom. The molecule has 0 aromatic carbocycles. The smallest absolute Gasteiger partial charge is 0.331 e. The molecule has 3 nitrogen and oxygen atoms in total. The van der Waals surface area contributed by atoms with Crippen molar-refractivity contribution in [2.75, 3.05) is 13.2 Å². The van der Waals surface area contributed by atoms with E-state index < -0.39 is 5.97 Å². The first-order valence-electron chi connectivity index (χ1n) is 4.67. The van der Waals surface area contributed by atoms with Crippen LogP contribution in [0.2, 0.25) is 0 Å². The van der Waals surface area contributed by atoms with Crippen molar-refractivity contribution < 1.29 is 14.6 Å². The summed E-state index contributed by atoms with van der Waals surface area (Å²) in [5.41, 5.74) is 1.54. The van der Waals surface area contributed by atoms with Gasteiger partial charge in [-0.3, -0.25) is 0 Å². The molecule has 0 bridgehead atoms. The third-order valence-electron chi connectivity index (χ3n) is 2.61. The lowest BCUT2D eigenvalue weighted by atomic mass is 9.92. The summed E-state index contributed by atoms with van der Waals surface area (Å²) >= 11 is 0. The van der Waals surface area contributed by atoms with Gasteiger partial charge in [-0.1, -0.05) is 12.5 Å². The Balaban J connectivity index is 2.81. The number of carbonyl (C=O) groups is 1. The van der Waals surface area contributed by atoms with Gasteiger partial charge in [0.1, 0.15) is 0 Å². The maximum absolute atomic E-state index is 10.8. The molecule has 3 heteroatoms. The second-order valence-electron chi connectivity index (χ2n) is 3.37. The van der Waals surface area contributed by atoms with Crippen LogP contribution in [0.3, 0.4) is 0 Å². The molecule has 0 aromatic rings. The first-order valence-corrected chi connectivity index (χ1v) is 4.67. The topological polar surface area (TPSA) is 46.5 Å². The van der Waals surface area contributed by atoms with E-state index in [9.17, 15) is 4.79 Å². The summed E-state index contributed by atoms with van der Waals surface area (Å²) in [5, 5.41) is 8.85. The summed E-state index contributed by atoms with van der Waals surface area (Å²) in [5.74, 6) is -0.468. The summed E-state index contributed by atoms with van der Waals surface area (Å²) in [6, 6.07) is 0. The van der Waals surface area contributed by atoms with Gasteiger partial charge in [-0.15, -0.1) is 0 Å². The Hall–Kier alpha value is -0.830. The molecule has 1 saturated heterocycles. The molecule has 0 radical (unpaired) electrons. The highest BCUT2D eigenvalue weighted by atomic mass is 16.5. The fourth-order valence-electron chi connectivity index (χ4n) is 1.81. The highest BCUT2D eigenvalue weighted by Gasteiger charge is 2.22. The minimum atomic E-state index is -0.802. The molecule has 0 amide bonds. The molecule has 1 aliphatic heterocycles. The first kappa shape index (κ1) is 10.3. The molecule has 1 heterocycles. The van der Waals surface area contributed by atoms with E-state index in [0.717, 1.165) is 25.0 Å². The van der Waals surface area contributed by atoms with Gasteiger partial charge in [-0.25, -0.2) is 4.79 Å². The Morgan fingerprint density at radius 3 is 2.69 bits per heavy atom. The molecule has 74 valence electrons. The van der Waals surface area contributed by atoms with Crippen LogP contribution >= 0.6 is 0 Å². The minimum absolute atomic E-state index is 0.334. The van der Waals surface area contributed by atoms with Crippen LogP contribution in [0.4, 0.5) is 0 Å². The van der Waals surface area contributed by atoms with Gasteiger partial charge >= 0.3 is 5.97 Å². The van der Waals surface area contributed by atoms with Gasteiger partial charge < -0.3 is 9.84 Å². The van der Waals surface area contributed by atoms with Crippen molar-refractivity contribution in [3.05, 3.63) is 11.1 Å². The zero-order chi connectivity index (χ0) is 9.84. The van der Waals surface area contributed by atoms with E-state index in [-0.39, 0.29) is 0 Å². The number of hydrogen-bond donors (Lipinski definition) is 1. The van der Waals surface area contributed by atoms with Crippen molar-refractivity contribution in [2.45, 2.75) is 26.7 Å². The van der Waals surface area contributed by atoms with Gasteiger partial charge in [0, 0.05) is 18.1 Å². The van der Waals surface area contributed by atoms with Gasteiger partial charge in [-0.2, -0.15) is 0 Å². The maximum atomic E-state index is 10.8. The van der Waals surface area contributed by atoms with E-state index in [1.165, 1.54) is 0 Å². The van der Waals surface area contributed by atoms with Crippen LogP contribution in [0.15, 0.2) is 11.1 Å². The second-order valence-corrected chi connectivity index (χ2v) is 3.37. The normalized spacial score (nSPS) is 24.3. The Kier molecular flexibility index (Phi) is 3.48. The lowest BCUT2D eigenvalue weighted by Crippen LogP contribution is -2.10. The molecule has 0 aliphatic carbocycles. The molecule has 0 aromatic heterocycles. The molecule has 0 saturated carbocycles. The summed E-state index contributed by atoms with van der Waals surface area (Å²) < 4.78 is 5.24. The molecule has 1 rings (SSSR count). The number of carboxylic acid groups (broad SMARTS) is 1. The maximum Gasteiger partial charge on any atom is 0.331 e. The van der Waals surface area contributed by atoms with Gasteiger partial charge in [0.25, 0.3) is 0 Å². The molecule has 1 fully saturated rings. The van der Waals surface area contributed by atoms with E-state index >= 15 is 0 Å². The van der Waals surface area contributed by atoms with E-state index in [1.54, 1.807) is 6.92 Å². The number of carboxylic acids is 1. The van der Waals surface area contributed by atoms with Crippen LogP contribution in [0.5, 0.6) is 0 Å². The van der Waals surface area contributed by atoms with Crippen LogP contribution < -0.4 is 0 Å². The fraction of sp³-hybridized carbons (Fsp3) is 0.700. The average molecular weight is 184 g/mol. The summed E-state index contributed by atoms with van der Waals surface area (Å²) in [7, 11) is 0. The van der Waals surface area contributed by atoms with Crippen molar-refractivity contribution in [2.24, 2.45) is 5.92 Å².